The van der Waals surface area contributed by atoms with Crippen LogP contribution in [-0.2, 0) is 16.4 Å². The molecule has 1 aromatic carbocycles. The molecule has 0 spiro atoms. The lowest BCUT2D eigenvalue weighted by Gasteiger charge is -2.22. The number of nitrogens with one attached hydrogen (secondary N) is 2. The normalized spacial score (nSPS) is 21.2. The summed E-state index contributed by atoms with van der Waals surface area (Å²) in [5.41, 5.74) is 2.62. The Hall–Kier alpha value is -1.73. The van der Waals surface area contributed by atoms with Gasteiger partial charge in [0.15, 0.2) is 9.84 Å². The summed E-state index contributed by atoms with van der Waals surface area (Å²) in [7, 11) is -2.89. The molecule has 6 nitrogen and oxygen atoms in total. The van der Waals surface area contributed by atoms with Crippen LogP contribution < -0.4 is 5.32 Å². The highest BCUT2D eigenvalue weighted by atomic mass is 32.2. The zero-order chi connectivity index (χ0) is 14.7. The van der Waals surface area contributed by atoms with Crippen LogP contribution in [0.1, 0.15) is 18.5 Å². The lowest BCUT2D eigenvalue weighted by Crippen LogP contribution is -2.39. The Morgan fingerprint density at radius 2 is 2.05 bits per heavy atom. The standard InChI is InChI=1S/C14H18N4O2S/c19-21(20)8-4-7-12(10-21)15-9-13-14(17-18-16-13)11-5-2-1-3-6-11/h1-3,5-6,12,15H,4,7-10H2,(H,16,17,18). The van der Waals surface area contributed by atoms with E-state index >= 15 is 0 Å². The molecular formula is C14H18N4O2S. The minimum absolute atomic E-state index is 0.00377. The molecule has 1 aliphatic heterocycles. The number of nitrogens with zero attached hydrogens (tertiary/aromatic N) is 2. The predicted molar refractivity (Wildman–Crippen MR) is 80.3 cm³/mol. The molecule has 3 rings (SSSR count). The van der Waals surface area contributed by atoms with Gasteiger partial charge in [0.25, 0.3) is 0 Å². The van der Waals surface area contributed by atoms with E-state index in [2.05, 4.69) is 20.7 Å². The Morgan fingerprint density at radius 1 is 1.24 bits per heavy atom. The quantitative estimate of drug-likeness (QED) is 0.884. The van der Waals surface area contributed by atoms with Crippen molar-refractivity contribution in [3.05, 3.63) is 36.0 Å². The molecule has 0 radical (unpaired) electrons. The molecule has 1 unspecified atom stereocenters. The smallest absolute Gasteiger partial charge is 0.151 e. The summed E-state index contributed by atoms with van der Waals surface area (Å²) in [6, 6.07) is 9.82. The molecule has 112 valence electrons. The SMILES string of the molecule is O=S1(=O)CCCC(NCc2n[nH]nc2-c2ccccc2)C1. The largest absolute Gasteiger partial charge is 0.307 e. The maximum absolute atomic E-state index is 11.6. The summed E-state index contributed by atoms with van der Waals surface area (Å²) in [6.07, 6.45) is 1.61. The van der Waals surface area contributed by atoms with Crippen molar-refractivity contribution in [2.24, 2.45) is 0 Å². The zero-order valence-electron chi connectivity index (χ0n) is 11.6. The highest BCUT2D eigenvalue weighted by molar-refractivity contribution is 7.91. The average molecular weight is 306 g/mol. The molecule has 0 bridgehead atoms. The molecule has 0 aliphatic carbocycles. The predicted octanol–water partition coefficient (Wildman–Crippen LogP) is 1.14. The topological polar surface area (TPSA) is 87.7 Å². The van der Waals surface area contributed by atoms with Gasteiger partial charge in [-0.15, -0.1) is 0 Å². The van der Waals surface area contributed by atoms with Gasteiger partial charge >= 0.3 is 0 Å². The van der Waals surface area contributed by atoms with Crippen molar-refractivity contribution >= 4 is 9.84 Å². The Labute approximate surface area is 123 Å². The molecule has 1 aromatic heterocycles. The molecule has 0 saturated carbocycles. The van der Waals surface area contributed by atoms with Crippen LogP contribution in [-0.4, -0.2) is 41.4 Å². The third-order valence-electron chi connectivity index (χ3n) is 3.69. The van der Waals surface area contributed by atoms with Gasteiger partial charge in [-0.3, -0.25) is 0 Å². The van der Waals surface area contributed by atoms with Gasteiger partial charge in [0.1, 0.15) is 11.4 Å². The van der Waals surface area contributed by atoms with Crippen LogP contribution in [0.25, 0.3) is 11.3 Å². The van der Waals surface area contributed by atoms with Gasteiger partial charge in [-0.2, -0.15) is 15.4 Å². The van der Waals surface area contributed by atoms with Gasteiger partial charge in [-0.25, -0.2) is 8.42 Å². The summed E-state index contributed by atoms with van der Waals surface area (Å²) in [5, 5.41) is 14.3. The maximum atomic E-state index is 11.6. The van der Waals surface area contributed by atoms with Crippen molar-refractivity contribution in [2.45, 2.75) is 25.4 Å². The van der Waals surface area contributed by atoms with E-state index in [-0.39, 0.29) is 11.8 Å². The first kappa shape index (κ1) is 14.2. The molecule has 2 heterocycles. The van der Waals surface area contributed by atoms with Crippen molar-refractivity contribution in [2.75, 3.05) is 11.5 Å². The molecule has 0 amide bonds. The number of hydrogen-bond acceptors (Lipinski definition) is 5. The highest BCUT2D eigenvalue weighted by Crippen LogP contribution is 2.19. The minimum atomic E-state index is -2.89. The van der Waals surface area contributed by atoms with Gasteiger partial charge in [0, 0.05) is 18.2 Å². The van der Waals surface area contributed by atoms with E-state index < -0.39 is 9.84 Å². The number of aromatic amines is 1. The first-order valence-electron chi connectivity index (χ1n) is 7.03. The van der Waals surface area contributed by atoms with Gasteiger partial charge in [0.05, 0.1) is 11.5 Å². The van der Waals surface area contributed by atoms with Crippen molar-refractivity contribution < 1.29 is 8.42 Å². The second kappa shape index (κ2) is 5.95. The number of rotatable bonds is 4. The van der Waals surface area contributed by atoms with Crippen LogP contribution in [0.3, 0.4) is 0 Å². The fraction of sp³-hybridized carbons (Fsp3) is 0.429. The molecular weight excluding hydrogens is 288 g/mol. The molecule has 2 N–H and O–H groups in total. The molecule has 21 heavy (non-hydrogen) atoms. The van der Waals surface area contributed by atoms with Gasteiger partial charge in [-0.05, 0) is 12.8 Å². The molecule has 1 atom stereocenters. The van der Waals surface area contributed by atoms with Crippen LogP contribution in [0.4, 0.5) is 0 Å². The minimum Gasteiger partial charge on any atom is -0.307 e. The summed E-state index contributed by atoms with van der Waals surface area (Å²) in [6.45, 7) is 0.515. The third kappa shape index (κ3) is 3.48. The van der Waals surface area contributed by atoms with Crippen LogP contribution >= 0.6 is 0 Å². The summed E-state index contributed by atoms with van der Waals surface area (Å²) in [5.74, 6) is 0.524. The Bertz CT molecular complexity index is 697. The first-order chi connectivity index (χ1) is 10.1. The number of hydrogen-bond donors (Lipinski definition) is 2. The number of benzene rings is 1. The van der Waals surface area contributed by atoms with Gasteiger partial charge in [-0.1, -0.05) is 30.3 Å². The van der Waals surface area contributed by atoms with Crippen LogP contribution in [0, 0.1) is 0 Å². The number of aromatic nitrogens is 3. The fourth-order valence-corrected chi connectivity index (χ4v) is 4.30. The Kier molecular flexibility index (Phi) is 4.03. The van der Waals surface area contributed by atoms with Crippen LogP contribution in [0.2, 0.25) is 0 Å². The Balaban J connectivity index is 1.68. The first-order valence-corrected chi connectivity index (χ1v) is 8.85. The fourth-order valence-electron chi connectivity index (χ4n) is 2.63. The molecule has 1 aliphatic rings. The molecule has 7 heteroatoms. The van der Waals surface area contributed by atoms with Crippen LogP contribution in [0.5, 0.6) is 0 Å². The average Bonchev–Trinajstić information content (AvgIpc) is 2.93. The van der Waals surface area contributed by atoms with Gasteiger partial charge < -0.3 is 5.32 Å². The summed E-state index contributed by atoms with van der Waals surface area (Å²) < 4.78 is 23.3. The van der Waals surface area contributed by atoms with Crippen molar-refractivity contribution in [3.8, 4) is 11.3 Å². The van der Waals surface area contributed by atoms with E-state index in [1.165, 1.54) is 0 Å². The van der Waals surface area contributed by atoms with E-state index in [0.29, 0.717) is 12.3 Å². The Morgan fingerprint density at radius 3 is 2.81 bits per heavy atom. The molecule has 1 saturated heterocycles. The van der Waals surface area contributed by atoms with E-state index in [0.717, 1.165) is 29.8 Å². The van der Waals surface area contributed by atoms with Crippen molar-refractivity contribution in [1.82, 2.24) is 20.7 Å². The van der Waals surface area contributed by atoms with Crippen LogP contribution in [0.15, 0.2) is 30.3 Å². The highest BCUT2D eigenvalue weighted by Gasteiger charge is 2.24. The second-order valence-corrected chi connectivity index (χ2v) is 7.55. The molecule has 1 fully saturated rings. The van der Waals surface area contributed by atoms with Crippen molar-refractivity contribution in [3.63, 3.8) is 0 Å². The summed E-state index contributed by atoms with van der Waals surface area (Å²) in [4.78, 5) is 0. The van der Waals surface area contributed by atoms with Crippen molar-refractivity contribution in [1.29, 1.82) is 0 Å². The lowest BCUT2D eigenvalue weighted by molar-refractivity contribution is 0.477. The second-order valence-electron chi connectivity index (χ2n) is 5.32. The van der Waals surface area contributed by atoms with E-state index in [9.17, 15) is 8.42 Å². The van der Waals surface area contributed by atoms with E-state index in [1.807, 2.05) is 30.3 Å². The van der Waals surface area contributed by atoms with E-state index in [1.54, 1.807) is 0 Å². The molecule has 2 aromatic rings. The zero-order valence-corrected chi connectivity index (χ0v) is 12.4. The monoisotopic (exact) mass is 306 g/mol. The number of H-pyrrole nitrogens is 1. The summed E-state index contributed by atoms with van der Waals surface area (Å²) >= 11 is 0. The lowest BCUT2D eigenvalue weighted by atomic mass is 10.1. The van der Waals surface area contributed by atoms with Gasteiger partial charge in [0.2, 0.25) is 0 Å². The third-order valence-corrected chi connectivity index (χ3v) is 5.51. The number of sulfone groups is 1. The van der Waals surface area contributed by atoms with E-state index in [4.69, 9.17) is 0 Å². The maximum Gasteiger partial charge on any atom is 0.151 e.